The summed E-state index contributed by atoms with van der Waals surface area (Å²) in [4.78, 5) is 12.8. The van der Waals surface area contributed by atoms with E-state index in [9.17, 15) is 4.79 Å². The van der Waals surface area contributed by atoms with Gasteiger partial charge in [-0.25, -0.2) is 5.84 Å². The predicted molar refractivity (Wildman–Crippen MR) is 63.6 cm³/mol. The molecule has 1 amide bonds. The Morgan fingerprint density at radius 3 is 2.33 bits per heavy atom. The molecule has 2 N–H and O–H groups in total. The smallest absolute Gasteiger partial charge is 0.243 e. The molecule has 15 heavy (non-hydrogen) atoms. The highest BCUT2D eigenvalue weighted by molar-refractivity contribution is 7.98. The molecule has 1 aromatic carbocycles. The average molecular weight is 224 g/mol. The lowest BCUT2D eigenvalue weighted by atomic mass is 10.0. The molecule has 3 nitrogen and oxygen atoms in total. The van der Waals surface area contributed by atoms with Crippen LogP contribution >= 0.6 is 11.8 Å². The molecule has 0 fully saturated rings. The highest BCUT2D eigenvalue weighted by atomic mass is 32.2. The maximum absolute atomic E-state index is 11.6. The van der Waals surface area contributed by atoms with E-state index in [-0.39, 0.29) is 11.8 Å². The molecule has 82 valence electrons. The van der Waals surface area contributed by atoms with Crippen molar-refractivity contribution in [3.05, 3.63) is 29.8 Å². The summed E-state index contributed by atoms with van der Waals surface area (Å²) in [6.45, 7) is 1.86. The number of carbonyl (C=O) groups excluding carboxylic acids is 1. The van der Waals surface area contributed by atoms with Crippen LogP contribution in [0.1, 0.15) is 18.4 Å². The minimum Gasteiger partial charge on any atom is -0.283 e. The van der Waals surface area contributed by atoms with Gasteiger partial charge in [0.05, 0.1) is 5.92 Å². The van der Waals surface area contributed by atoms with Crippen LogP contribution in [0.3, 0.4) is 0 Å². The van der Waals surface area contributed by atoms with Crippen LogP contribution in [0, 0.1) is 0 Å². The van der Waals surface area contributed by atoms with Gasteiger partial charge < -0.3 is 0 Å². The van der Waals surface area contributed by atoms with Crippen LogP contribution in [0.2, 0.25) is 0 Å². The van der Waals surface area contributed by atoms with Crippen molar-refractivity contribution in [2.45, 2.75) is 17.7 Å². The Morgan fingerprint density at radius 1 is 1.40 bits per heavy atom. The van der Waals surface area contributed by atoms with Gasteiger partial charge in [-0.05, 0) is 30.9 Å². The first-order chi connectivity index (χ1) is 7.06. The first-order valence-corrected chi connectivity index (χ1v) is 5.95. The summed E-state index contributed by atoms with van der Waals surface area (Å²) in [6.07, 6.45) is 2.03. The van der Waals surface area contributed by atoms with Crippen LogP contribution in [0.25, 0.3) is 0 Å². The third kappa shape index (κ3) is 2.97. The van der Waals surface area contributed by atoms with Crippen LogP contribution in [0.4, 0.5) is 0 Å². The minimum atomic E-state index is -0.184. The number of thioether (sulfide) groups is 1. The number of carbonyl (C=O) groups is 1. The number of likely N-dealkylation sites (N-methyl/N-ethyl adjacent to an activating group) is 1. The fraction of sp³-hybridized carbons (Fsp3) is 0.364. The van der Waals surface area contributed by atoms with Crippen LogP contribution in [0.5, 0.6) is 0 Å². The number of hydrazine groups is 1. The Kier molecular flexibility index (Phi) is 4.17. The molecule has 0 aliphatic rings. The quantitative estimate of drug-likeness (QED) is 0.369. The van der Waals surface area contributed by atoms with E-state index in [1.165, 1.54) is 4.90 Å². The molecule has 0 heterocycles. The first-order valence-electron chi connectivity index (χ1n) is 4.72. The predicted octanol–water partition coefficient (Wildman–Crippen LogP) is 1.84. The number of rotatable bonds is 3. The Balaban J connectivity index is 2.82. The molecule has 1 aromatic rings. The first kappa shape index (κ1) is 12.1. The Hall–Kier alpha value is -1.00. The minimum absolute atomic E-state index is 0.0769. The molecule has 0 saturated heterocycles. The monoisotopic (exact) mass is 224 g/mol. The lowest BCUT2D eigenvalue weighted by molar-refractivity contribution is -0.131. The second-order valence-corrected chi connectivity index (χ2v) is 4.32. The van der Waals surface area contributed by atoms with Crippen molar-refractivity contribution in [3.63, 3.8) is 0 Å². The highest BCUT2D eigenvalue weighted by Gasteiger charge is 2.16. The number of hydrogen-bond acceptors (Lipinski definition) is 3. The van der Waals surface area contributed by atoms with Gasteiger partial charge in [-0.1, -0.05) is 12.1 Å². The molecule has 0 aliphatic heterocycles. The molecule has 0 aromatic heterocycles. The molecule has 0 saturated carbocycles. The van der Waals surface area contributed by atoms with Gasteiger partial charge in [-0.3, -0.25) is 9.80 Å². The second kappa shape index (κ2) is 5.19. The molecule has 0 bridgehead atoms. The fourth-order valence-corrected chi connectivity index (χ4v) is 1.75. The molecular weight excluding hydrogens is 208 g/mol. The van der Waals surface area contributed by atoms with Crippen molar-refractivity contribution in [2.24, 2.45) is 5.84 Å². The van der Waals surface area contributed by atoms with Crippen molar-refractivity contribution in [3.8, 4) is 0 Å². The second-order valence-electron chi connectivity index (χ2n) is 3.44. The third-order valence-corrected chi connectivity index (χ3v) is 3.08. The highest BCUT2D eigenvalue weighted by Crippen LogP contribution is 2.20. The Labute approximate surface area is 94.6 Å². The van der Waals surface area contributed by atoms with Gasteiger partial charge in [-0.15, -0.1) is 11.8 Å². The third-order valence-electron chi connectivity index (χ3n) is 2.33. The van der Waals surface area contributed by atoms with Gasteiger partial charge in [0, 0.05) is 11.9 Å². The van der Waals surface area contributed by atoms with Crippen molar-refractivity contribution in [1.82, 2.24) is 5.01 Å². The van der Waals surface area contributed by atoms with Crippen LogP contribution < -0.4 is 5.84 Å². The summed E-state index contributed by atoms with van der Waals surface area (Å²) in [6, 6.07) is 7.97. The van der Waals surface area contributed by atoms with Crippen molar-refractivity contribution < 1.29 is 4.79 Å². The number of nitrogens with zero attached hydrogens (tertiary/aromatic N) is 1. The van der Waals surface area contributed by atoms with E-state index in [1.807, 2.05) is 37.4 Å². The molecule has 0 aliphatic carbocycles. The summed E-state index contributed by atoms with van der Waals surface area (Å²) in [5, 5.41) is 1.13. The SMILES string of the molecule is CSc1ccc(C(C)C(=O)N(C)N)cc1. The van der Waals surface area contributed by atoms with Gasteiger partial charge in [0.2, 0.25) is 5.91 Å². The zero-order valence-corrected chi connectivity index (χ0v) is 10.0. The Morgan fingerprint density at radius 2 is 1.93 bits per heavy atom. The van der Waals surface area contributed by atoms with E-state index in [0.717, 1.165) is 10.6 Å². The largest absolute Gasteiger partial charge is 0.283 e. The zero-order chi connectivity index (χ0) is 11.4. The lowest BCUT2D eigenvalue weighted by Crippen LogP contribution is -2.36. The summed E-state index contributed by atoms with van der Waals surface area (Å²) >= 11 is 1.68. The summed E-state index contributed by atoms with van der Waals surface area (Å²) in [5.41, 5.74) is 0.995. The van der Waals surface area contributed by atoms with Gasteiger partial charge in [-0.2, -0.15) is 0 Å². The molecule has 1 atom stereocenters. The number of hydrogen-bond donors (Lipinski definition) is 1. The summed E-state index contributed by atoms with van der Waals surface area (Å²) < 4.78 is 0. The van der Waals surface area contributed by atoms with E-state index in [2.05, 4.69) is 0 Å². The topological polar surface area (TPSA) is 46.3 Å². The number of benzene rings is 1. The maximum Gasteiger partial charge on any atom is 0.243 e. The summed E-state index contributed by atoms with van der Waals surface area (Å²) in [7, 11) is 1.56. The van der Waals surface area contributed by atoms with E-state index in [4.69, 9.17) is 5.84 Å². The van der Waals surface area contributed by atoms with E-state index < -0.39 is 0 Å². The van der Waals surface area contributed by atoms with E-state index in [0.29, 0.717) is 0 Å². The molecular formula is C11H16N2OS. The summed E-state index contributed by atoms with van der Waals surface area (Å²) in [5.74, 6) is 5.15. The van der Waals surface area contributed by atoms with Crippen molar-refractivity contribution in [2.75, 3.05) is 13.3 Å². The van der Waals surface area contributed by atoms with E-state index >= 15 is 0 Å². The number of amides is 1. The van der Waals surface area contributed by atoms with Crippen LogP contribution in [-0.4, -0.2) is 24.2 Å². The van der Waals surface area contributed by atoms with Gasteiger partial charge in [0.1, 0.15) is 0 Å². The van der Waals surface area contributed by atoms with Gasteiger partial charge in [0.25, 0.3) is 0 Å². The standard InChI is InChI=1S/C11H16N2OS/c1-8(11(14)13(2)12)9-4-6-10(15-3)7-5-9/h4-8H,12H2,1-3H3. The molecule has 0 spiro atoms. The van der Waals surface area contributed by atoms with Crippen LogP contribution in [0.15, 0.2) is 29.2 Å². The fourth-order valence-electron chi connectivity index (χ4n) is 1.34. The molecule has 0 radical (unpaired) electrons. The molecule has 1 unspecified atom stereocenters. The van der Waals surface area contributed by atoms with Crippen molar-refractivity contribution >= 4 is 17.7 Å². The number of nitrogens with two attached hydrogens (primary N) is 1. The van der Waals surface area contributed by atoms with Gasteiger partial charge in [0.15, 0.2) is 0 Å². The van der Waals surface area contributed by atoms with Crippen molar-refractivity contribution in [1.29, 1.82) is 0 Å². The normalized spacial score (nSPS) is 12.3. The Bertz CT molecular complexity index is 335. The van der Waals surface area contributed by atoms with Crippen LogP contribution in [-0.2, 0) is 4.79 Å². The van der Waals surface area contributed by atoms with Gasteiger partial charge >= 0.3 is 0 Å². The average Bonchev–Trinajstić information content (AvgIpc) is 2.27. The van der Waals surface area contributed by atoms with E-state index in [1.54, 1.807) is 18.8 Å². The maximum atomic E-state index is 11.6. The zero-order valence-electron chi connectivity index (χ0n) is 9.23. The lowest BCUT2D eigenvalue weighted by Gasteiger charge is -2.16. The molecule has 4 heteroatoms. The molecule has 1 rings (SSSR count).